The van der Waals surface area contributed by atoms with E-state index in [2.05, 4.69) is 0 Å². The fraction of sp³-hybridized carbons (Fsp3) is 0. The Morgan fingerprint density at radius 1 is 1.14 bits per heavy atom. The standard InChI is InChI=1S/C15H9Cl2NO4/c16-11-2-5-13(6-3-11)22-15(19)8-1-10-9-12(18(20)21)4-7-14(10)17/h1-9H/b8-1-. The minimum Gasteiger partial charge on any atom is -0.423 e. The lowest BCUT2D eigenvalue weighted by Crippen LogP contribution is -2.03. The SMILES string of the molecule is O=C(/C=C\c1cc([N+](=O)[O-])ccc1Cl)Oc1ccc(Cl)cc1. The van der Waals surface area contributed by atoms with Crippen LogP contribution in [0.25, 0.3) is 6.08 Å². The second-order valence-corrected chi connectivity index (χ2v) is 5.01. The van der Waals surface area contributed by atoms with Crippen LogP contribution in [0.2, 0.25) is 10.0 Å². The average molecular weight is 338 g/mol. The number of esters is 1. The Kier molecular flexibility index (Phi) is 5.14. The lowest BCUT2D eigenvalue weighted by Gasteiger charge is -2.01. The Morgan fingerprint density at radius 3 is 2.45 bits per heavy atom. The Labute approximate surface area is 135 Å². The van der Waals surface area contributed by atoms with E-state index >= 15 is 0 Å². The summed E-state index contributed by atoms with van der Waals surface area (Å²) >= 11 is 11.6. The van der Waals surface area contributed by atoms with Gasteiger partial charge in [0.15, 0.2) is 0 Å². The number of nitro groups is 1. The highest BCUT2D eigenvalue weighted by atomic mass is 35.5. The molecular formula is C15H9Cl2NO4. The third-order valence-electron chi connectivity index (χ3n) is 2.62. The number of non-ortho nitro benzene ring substituents is 1. The summed E-state index contributed by atoms with van der Waals surface area (Å²) in [5, 5.41) is 11.5. The number of nitrogens with zero attached hydrogens (tertiary/aromatic N) is 1. The molecule has 0 amide bonds. The molecule has 2 aromatic carbocycles. The normalized spacial score (nSPS) is 10.6. The van der Waals surface area contributed by atoms with Crippen LogP contribution in [0.5, 0.6) is 5.75 Å². The molecule has 0 saturated carbocycles. The predicted molar refractivity (Wildman–Crippen MR) is 84.2 cm³/mol. The average Bonchev–Trinajstić information content (AvgIpc) is 2.48. The maximum absolute atomic E-state index is 11.7. The van der Waals surface area contributed by atoms with Crippen LogP contribution in [-0.4, -0.2) is 10.9 Å². The van der Waals surface area contributed by atoms with Gasteiger partial charge >= 0.3 is 5.97 Å². The summed E-state index contributed by atoms with van der Waals surface area (Å²) in [6.07, 6.45) is 2.49. The molecule has 112 valence electrons. The highest BCUT2D eigenvalue weighted by molar-refractivity contribution is 6.32. The van der Waals surface area contributed by atoms with Crippen LogP contribution in [0, 0.1) is 10.1 Å². The quantitative estimate of drug-likeness (QED) is 0.270. The molecule has 0 aliphatic rings. The molecule has 0 N–H and O–H groups in total. The first-order valence-electron chi connectivity index (χ1n) is 6.05. The number of halogens is 2. The predicted octanol–water partition coefficient (Wildman–Crippen LogP) is 4.52. The maximum Gasteiger partial charge on any atom is 0.336 e. The van der Waals surface area contributed by atoms with Crippen LogP contribution in [0.1, 0.15) is 5.56 Å². The van der Waals surface area contributed by atoms with Crippen molar-refractivity contribution in [2.45, 2.75) is 0 Å². The van der Waals surface area contributed by atoms with E-state index in [0.29, 0.717) is 21.4 Å². The minimum absolute atomic E-state index is 0.116. The summed E-state index contributed by atoms with van der Waals surface area (Å²) in [6, 6.07) is 10.2. The van der Waals surface area contributed by atoms with E-state index in [1.54, 1.807) is 24.3 Å². The fourth-order valence-corrected chi connectivity index (χ4v) is 1.89. The minimum atomic E-state index is -0.634. The first kappa shape index (κ1) is 16.0. The van der Waals surface area contributed by atoms with Gasteiger partial charge in [-0.05, 0) is 36.4 Å². The molecule has 2 aromatic rings. The number of carbonyl (C=O) groups is 1. The third-order valence-corrected chi connectivity index (χ3v) is 3.22. The molecule has 0 spiro atoms. The molecule has 0 saturated heterocycles. The van der Waals surface area contributed by atoms with Gasteiger partial charge < -0.3 is 4.74 Å². The number of rotatable bonds is 4. The molecule has 0 radical (unpaired) electrons. The van der Waals surface area contributed by atoms with Gasteiger partial charge in [0.2, 0.25) is 0 Å². The van der Waals surface area contributed by atoms with Gasteiger partial charge in [0.25, 0.3) is 5.69 Å². The molecule has 0 atom stereocenters. The van der Waals surface area contributed by atoms with Crippen molar-refractivity contribution < 1.29 is 14.5 Å². The Bertz CT molecular complexity index is 742. The van der Waals surface area contributed by atoms with E-state index in [-0.39, 0.29) is 5.69 Å². The summed E-state index contributed by atoms with van der Waals surface area (Å²) < 4.78 is 5.05. The van der Waals surface area contributed by atoms with E-state index in [1.807, 2.05) is 0 Å². The molecule has 0 bridgehead atoms. The molecule has 0 aromatic heterocycles. The molecule has 5 nitrogen and oxygen atoms in total. The number of nitro benzene ring substituents is 1. The highest BCUT2D eigenvalue weighted by Crippen LogP contribution is 2.23. The number of benzene rings is 2. The second kappa shape index (κ2) is 7.06. The molecule has 7 heteroatoms. The largest absolute Gasteiger partial charge is 0.423 e. The first-order chi connectivity index (χ1) is 10.5. The van der Waals surface area contributed by atoms with Crippen molar-refractivity contribution in [3.8, 4) is 5.75 Å². The van der Waals surface area contributed by atoms with Gasteiger partial charge in [-0.2, -0.15) is 0 Å². The summed E-state index contributed by atoms with van der Waals surface area (Å²) in [7, 11) is 0. The number of hydrogen-bond acceptors (Lipinski definition) is 4. The number of carbonyl (C=O) groups excluding carboxylic acids is 1. The molecule has 0 aliphatic heterocycles. The number of ether oxygens (including phenoxy) is 1. The van der Waals surface area contributed by atoms with Crippen molar-refractivity contribution in [3.63, 3.8) is 0 Å². The molecule has 0 aliphatic carbocycles. The van der Waals surface area contributed by atoms with Crippen LogP contribution >= 0.6 is 23.2 Å². The van der Waals surface area contributed by atoms with Crippen molar-refractivity contribution in [2.24, 2.45) is 0 Å². The van der Waals surface area contributed by atoms with Crippen LogP contribution in [0.3, 0.4) is 0 Å². The van der Waals surface area contributed by atoms with Gasteiger partial charge in [0, 0.05) is 33.8 Å². The molecular weight excluding hydrogens is 329 g/mol. The van der Waals surface area contributed by atoms with Crippen LogP contribution in [0.15, 0.2) is 48.5 Å². The number of hydrogen-bond donors (Lipinski definition) is 0. The van der Waals surface area contributed by atoms with Crippen LogP contribution < -0.4 is 4.74 Å². The second-order valence-electron chi connectivity index (χ2n) is 4.17. The molecule has 0 heterocycles. The summed E-state index contributed by atoms with van der Waals surface area (Å²) in [5.74, 6) is -0.297. The topological polar surface area (TPSA) is 69.4 Å². The monoisotopic (exact) mass is 337 g/mol. The highest BCUT2D eigenvalue weighted by Gasteiger charge is 2.08. The van der Waals surface area contributed by atoms with Crippen LogP contribution in [-0.2, 0) is 4.79 Å². The Hall–Kier alpha value is -2.37. The molecule has 2 rings (SSSR count). The van der Waals surface area contributed by atoms with E-state index < -0.39 is 10.9 Å². The zero-order valence-corrected chi connectivity index (χ0v) is 12.5. The molecule has 0 unspecified atom stereocenters. The molecule has 0 fully saturated rings. The van der Waals surface area contributed by atoms with E-state index in [4.69, 9.17) is 27.9 Å². The lowest BCUT2D eigenvalue weighted by molar-refractivity contribution is -0.384. The van der Waals surface area contributed by atoms with E-state index in [1.165, 1.54) is 24.3 Å². The van der Waals surface area contributed by atoms with Gasteiger partial charge in [0.1, 0.15) is 5.75 Å². The fourth-order valence-electron chi connectivity index (χ4n) is 1.58. The summed E-state index contributed by atoms with van der Waals surface area (Å²) in [6.45, 7) is 0. The zero-order chi connectivity index (χ0) is 16.1. The summed E-state index contributed by atoms with van der Waals surface area (Å²) in [4.78, 5) is 21.8. The zero-order valence-electron chi connectivity index (χ0n) is 11.0. The van der Waals surface area contributed by atoms with E-state index in [9.17, 15) is 14.9 Å². The van der Waals surface area contributed by atoms with Gasteiger partial charge in [-0.3, -0.25) is 10.1 Å². The van der Waals surface area contributed by atoms with Gasteiger partial charge in [-0.1, -0.05) is 23.2 Å². The van der Waals surface area contributed by atoms with Crippen molar-refractivity contribution in [3.05, 3.63) is 74.3 Å². The van der Waals surface area contributed by atoms with Gasteiger partial charge in [-0.25, -0.2) is 4.79 Å². The Balaban J connectivity index is 2.10. The summed E-state index contributed by atoms with van der Waals surface area (Å²) in [5.41, 5.74) is 0.235. The van der Waals surface area contributed by atoms with Crippen molar-refractivity contribution in [1.82, 2.24) is 0 Å². The maximum atomic E-state index is 11.7. The van der Waals surface area contributed by atoms with Crippen molar-refractivity contribution in [1.29, 1.82) is 0 Å². The van der Waals surface area contributed by atoms with E-state index in [0.717, 1.165) is 6.08 Å². The third kappa shape index (κ3) is 4.31. The van der Waals surface area contributed by atoms with Gasteiger partial charge in [-0.15, -0.1) is 0 Å². The first-order valence-corrected chi connectivity index (χ1v) is 6.81. The van der Waals surface area contributed by atoms with Crippen LogP contribution in [0.4, 0.5) is 5.69 Å². The van der Waals surface area contributed by atoms with Gasteiger partial charge in [0.05, 0.1) is 4.92 Å². The van der Waals surface area contributed by atoms with Crippen molar-refractivity contribution in [2.75, 3.05) is 0 Å². The lowest BCUT2D eigenvalue weighted by atomic mass is 10.2. The Morgan fingerprint density at radius 2 is 1.82 bits per heavy atom. The smallest absolute Gasteiger partial charge is 0.336 e. The van der Waals surface area contributed by atoms with Crippen molar-refractivity contribution >= 4 is 40.9 Å². The molecule has 22 heavy (non-hydrogen) atoms.